The molecule has 1 fully saturated rings. The van der Waals surface area contributed by atoms with Gasteiger partial charge in [-0.1, -0.05) is 0 Å². The number of rotatable bonds is 3. The zero-order valence-corrected chi connectivity index (χ0v) is 7.62. The molecule has 0 aromatic heterocycles. The Kier molecular flexibility index (Phi) is 3.00. The molecule has 1 rings (SSSR count). The first kappa shape index (κ1) is 9.70. The second-order valence-electron chi connectivity index (χ2n) is 3.01. The summed E-state index contributed by atoms with van der Waals surface area (Å²) in [6.45, 7) is 2.90. The number of carbonyl (C=O) groups excluding carboxylic acids is 2. The normalized spacial score (nSPS) is 14.7. The van der Waals surface area contributed by atoms with Gasteiger partial charge in [0.2, 0.25) is 11.8 Å². The van der Waals surface area contributed by atoms with Gasteiger partial charge in [0.05, 0.1) is 6.34 Å². The Hall–Kier alpha value is -1.39. The van der Waals surface area contributed by atoms with E-state index in [1.807, 2.05) is 0 Å². The van der Waals surface area contributed by atoms with Gasteiger partial charge in [0, 0.05) is 20.0 Å². The van der Waals surface area contributed by atoms with Crippen molar-refractivity contribution in [3.05, 3.63) is 0 Å². The lowest BCUT2D eigenvalue weighted by atomic mass is 10.2. The molecule has 0 aromatic rings. The zero-order valence-electron chi connectivity index (χ0n) is 7.62. The van der Waals surface area contributed by atoms with E-state index < -0.39 is 0 Å². The van der Waals surface area contributed by atoms with Crippen molar-refractivity contribution >= 4 is 18.2 Å². The second kappa shape index (κ2) is 4.02. The fraction of sp³-hybridized carbons (Fsp3) is 0.625. The Morgan fingerprint density at radius 2 is 2.15 bits per heavy atom. The number of hydrogen-bond donors (Lipinski definition) is 1. The van der Waals surface area contributed by atoms with Crippen LogP contribution in [0.1, 0.15) is 13.3 Å². The summed E-state index contributed by atoms with van der Waals surface area (Å²) in [6.07, 6.45) is 1.93. The minimum absolute atomic E-state index is 0.00116. The molecule has 0 saturated carbocycles. The quantitative estimate of drug-likeness (QED) is 0.481. The Morgan fingerprint density at radius 1 is 1.54 bits per heavy atom. The average Bonchev–Trinajstić information content (AvgIpc) is 1.96. The molecule has 0 aliphatic carbocycles. The maximum Gasteiger partial charge on any atom is 0.242 e. The number of nitrogens with zero attached hydrogens (tertiary/aromatic N) is 2. The van der Waals surface area contributed by atoms with Crippen LogP contribution in [0.25, 0.3) is 0 Å². The van der Waals surface area contributed by atoms with E-state index in [0.717, 1.165) is 30.7 Å². The van der Waals surface area contributed by atoms with E-state index in [4.69, 9.17) is 5.41 Å². The van der Waals surface area contributed by atoms with Gasteiger partial charge in [0.25, 0.3) is 0 Å². The number of hydrogen-bond acceptors (Lipinski definition) is 3. The van der Waals surface area contributed by atoms with Crippen molar-refractivity contribution in [3.8, 4) is 0 Å². The zero-order chi connectivity index (χ0) is 9.84. The van der Waals surface area contributed by atoms with Gasteiger partial charge in [-0.2, -0.15) is 0 Å². The van der Waals surface area contributed by atoms with Crippen LogP contribution in [-0.4, -0.2) is 47.6 Å². The summed E-state index contributed by atoms with van der Waals surface area (Å²) in [4.78, 5) is 24.9. The number of likely N-dealkylation sites (tertiary alicyclic amines) is 1. The van der Waals surface area contributed by atoms with Gasteiger partial charge in [-0.15, -0.1) is 0 Å². The smallest absolute Gasteiger partial charge is 0.242 e. The minimum Gasteiger partial charge on any atom is -0.341 e. The van der Waals surface area contributed by atoms with Crippen molar-refractivity contribution in [1.82, 2.24) is 9.80 Å². The molecule has 5 nitrogen and oxygen atoms in total. The topological polar surface area (TPSA) is 64.5 Å². The van der Waals surface area contributed by atoms with Gasteiger partial charge < -0.3 is 4.90 Å². The molecule has 0 aromatic carbocycles. The highest BCUT2D eigenvalue weighted by atomic mass is 16.2. The lowest BCUT2D eigenvalue weighted by Gasteiger charge is -2.32. The predicted molar refractivity (Wildman–Crippen MR) is 47.4 cm³/mol. The van der Waals surface area contributed by atoms with E-state index in [0.29, 0.717) is 0 Å². The standard InChI is InChI=1S/C8H13N3O2/c1-7(12)11(6-9)5-8(13)10-3-2-4-10/h6,9H,2-5H2,1H3. The molecule has 1 saturated heterocycles. The van der Waals surface area contributed by atoms with E-state index >= 15 is 0 Å². The molecular weight excluding hydrogens is 170 g/mol. The summed E-state index contributed by atoms with van der Waals surface area (Å²) in [7, 11) is 0. The largest absolute Gasteiger partial charge is 0.341 e. The van der Waals surface area contributed by atoms with Crippen LogP contribution >= 0.6 is 0 Å². The summed E-state index contributed by atoms with van der Waals surface area (Å²) in [6, 6.07) is 0. The maximum absolute atomic E-state index is 11.3. The molecule has 13 heavy (non-hydrogen) atoms. The monoisotopic (exact) mass is 183 g/mol. The highest BCUT2D eigenvalue weighted by Crippen LogP contribution is 2.06. The van der Waals surface area contributed by atoms with Gasteiger partial charge in [-0.25, -0.2) is 0 Å². The van der Waals surface area contributed by atoms with E-state index in [1.165, 1.54) is 6.92 Å². The van der Waals surface area contributed by atoms with Crippen molar-refractivity contribution < 1.29 is 9.59 Å². The molecular formula is C8H13N3O2. The molecule has 0 bridgehead atoms. The summed E-state index contributed by atoms with van der Waals surface area (Å²) in [5.41, 5.74) is 0. The summed E-state index contributed by atoms with van der Waals surface area (Å²) < 4.78 is 0. The Balaban J connectivity index is 2.40. The van der Waals surface area contributed by atoms with E-state index in [2.05, 4.69) is 0 Å². The van der Waals surface area contributed by atoms with E-state index in [-0.39, 0.29) is 18.4 Å². The third-order valence-electron chi connectivity index (χ3n) is 2.07. The van der Waals surface area contributed by atoms with Crippen molar-refractivity contribution in [1.29, 1.82) is 5.41 Å². The molecule has 1 heterocycles. The van der Waals surface area contributed by atoms with Crippen LogP contribution in [0.15, 0.2) is 0 Å². The molecule has 0 atom stereocenters. The summed E-state index contributed by atoms with van der Waals surface area (Å²) in [5.74, 6) is -0.353. The molecule has 0 spiro atoms. The highest BCUT2D eigenvalue weighted by molar-refractivity contribution is 5.91. The van der Waals surface area contributed by atoms with Crippen LogP contribution in [-0.2, 0) is 9.59 Å². The second-order valence-corrected chi connectivity index (χ2v) is 3.01. The molecule has 1 aliphatic rings. The SMILES string of the molecule is CC(=O)N(C=N)CC(=O)N1CCC1. The van der Waals surface area contributed by atoms with Crippen molar-refractivity contribution in [2.75, 3.05) is 19.6 Å². The van der Waals surface area contributed by atoms with Gasteiger partial charge in [-0.3, -0.25) is 19.9 Å². The lowest BCUT2D eigenvalue weighted by Crippen LogP contribution is -2.47. The van der Waals surface area contributed by atoms with E-state index in [9.17, 15) is 9.59 Å². The van der Waals surface area contributed by atoms with E-state index in [1.54, 1.807) is 4.90 Å². The molecule has 72 valence electrons. The molecule has 0 unspecified atom stereocenters. The first-order valence-corrected chi connectivity index (χ1v) is 4.20. The van der Waals surface area contributed by atoms with Gasteiger partial charge in [0.1, 0.15) is 6.54 Å². The molecule has 1 N–H and O–H groups in total. The van der Waals surface area contributed by atoms with Crippen molar-refractivity contribution in [2.24, 2.45) is 0 Å². The first-order valence-electron chi connectivity index (χ1n) is 4.20. The number of amides is 2. The first-order chi connectivity index (χ1) is 6.15. The Bertz CT molecular complexity index is 236. The number of nitrogens with one attached hydrogen (secondary N) is 1. The fourth-order valence-corrected chi connectivity index (χ4v) is 1.06. The predicted octanol–water partition coefficient (Wildman–Crippen LogP) is -0.326. The van der Waals surface area contributed by atoms with Crippen LogP contribution in [0.5, 0.6) is 0 Å². The van der Waals surface area contributed by atoms with Crippen LogP contribution < -0.4 is 0 Å². The Morgan fingerprint density at radius 3 is 2.46 bits per heavy atom. The highest BCUT2D eigenvalue weighted by Gasteiger charge is 2.22. The van der Waals surface area contributed by atoms with Crippen LogP contribution in [0, 0.1) is 5.41 Å². The van der Waals surface area contributed by atoms with Crippen molar-refractivity contribution in [2.45, 2.75) is 13.3 Å². The maximum atomic E-state index is 11.3. The molecule has 2 amide bonds. The average molecular weight is 183 g/mol. The van der Waals surface area contributed by atoms with Crippen LogP contribution in [0.3, 0.4) is 0 Å². The van der Waals surface area contributed by atoms with Gasteiger partial charge in [-0.05, 0) is 6.42 Å². The van der Waals surface area contributed by atoms with Gasteiger partial charge >= 0.3 is 0 Å². The summed E-state index contributed by atoms with van der Waals surface area (Å²) >= 11 is 0. The third kappa shape index (κ3) is 2.27. The fourth-order valence-electron chi connectivity index (χ4n) is 1.06. The number of carbonyl (C=O) groups is 2. The molecule has 0 radical (unpaired) electrons. The van der Waals surface area contributed by atoms with Crippen LogP contribution in [0.2, 0.25) is 0 Å². The minimum atomic E-state index is -0.274. The van der Waals surface area contributed by atoms with Crippen molar-refractivity contribution in [3.63, 3.8) is 0 Å². The van der Waals surface area contributed by atoms with Gasteiger partial charge in [0.15, 0.2) is 0 Å². The molecule has 1 aliphatic heterocycles. The lowest BCUT2D eigenvalue weighted by molar-refractivity contribution is -0.138. The molecule has 5 heteroatoms. The third-order valence-corrected chi connectivity index (χ3v) is 2.07. The summed E-state index contributed by atoms with van der Waals surface area (Å²) in [5, 5.41) is 6.91. The Labute approximate surface area is 76.8 Å². The van der Waals surface area contributed by atoms with Crippen LogP contribution in [0.4, 0.5) is 0 Å².